The number of aromatic nitrogens is 2. The number of rotatable bonds is 0. The molecule has 0 saturated heterocycles. The lowest BCUT2D eigenvalue weighted by Crippen LogP contribution is -1.77. The maximum atomic E-state index is 10.4. The molecule has 0 saturated carbocycles. The van der Waals surface area contributed by atoms with Crippen molar-refractivity contribution >= 4 is 11.6 Å². The molecule has 1 radical (unpaired) electrons. The van der Waals surface area contributed by atoms with Gasteiger partial charge in [-0.3, -0.25) is 5.11 Å². The number of hydrogen-bond acceptors (Lipinski definition) is 2. The van der Waals surface area contributed by atoms with Crippen molar-refractivity contribution in [2.24, 2.45) is 0 Å². The molecule has 0 unspecified atom stereocenters. The normalized spacial score (nSPS) is 9.12. The van der Waals surface area contributed by atoms with Gasteiger partial charge in [-0.2, -0.15) is 5.10 Å². The predicted octanol–water partition coefficient (Wildman–Crippen LogP) is 1.27. The minimum Gasteiger partial charge on any atom is -0.286 e. The minimum absolute atomic E-state index is 0.0764. The second-order valence-electron chi connectivity index (χ2n) is 1.19. The zero-order valence-corrected chi connectivity index (χ0v) is 4.59. The molecule has 0 aliphatic carbocycles. The summed E-state index contributed by atoms with van der Waals surface area (Å²) in [6.07, 6.45) is 1.30. The fraction of sp³-hybridized carbons (Fsp3) is 0. The van der Waals surface area contributed by atoms with Crippen molar-refractivity contribution in [3.05, 3.63) is 17.4 Å². The summed E-state index contributed by atoms with van der Waals surface area (Å²) in [7, 11) is 0. The Balaban J connectivity index is 3.13. The average molecular weight is 130 g/mol. The molecule has 0 N–H and O–H groups in total. The number of hydrogen-bond donors (Lipinski definition) is 0. The van der Waals surface area contributed by atoms with Crippen LogP contribution in [-0.4, -0.2) is 10.2 Å². The van der Waals surface area contributed by atoms with Gasteiger partial charge in [0, 0.05) is 6.07 Å². The fourth-order valence-electron chi connectivity index (χ4n) is 0.303. The summed E-state index contributed by atoms with van der Waals surface area (Å²) in [6, 6.07) is 1.26. The lowest BCUT2D eigenvalue weighted by molar-refractivity contribution is 0.352. The third-order valence-electron chi connectivity index (χ3n) is 0.641. The van der Waals surface area contributed by atoms with Crippen LogP contribution in [0.15, 0.2) is 12.3 Å². The van der Waals surface area contributed by atoms with Crippen LogP contribution in [0.3, 0.4) is 0 Å². The second-order valence-corrected chi connectivity index (χ2v) is 1.54. The van der Waals surface area contributed by atoms with Crippen molar-refractivity contribution in [1.82, 2.24) is 10.2 Å². The van der Waals surface area contributed by atoms with Crippen LogP contribution in [0.5, 0.6) is 5.75 Å². The van der Waals surface area contributed by atoms with Gasteiger partial charge in [-0.1, -0.05) is 11.6 Å². The zero-order valence-electron chi connectivity index (χ0n) is 3.84. The highest BCUT2D eigenvalue weighted by Crippen LogP contribution is 2.16. The first-order chi connectivity index (χ1) is 3.80. The van der Waals surface area contributed by atoms with Crippen LogP contribution in [0, 0.1) is 0 Å². The molecule has 0 fully saturated rings. The van der Waals surface area contributed by atoms with Crippen molar-refractivity contribution in [2.45, 2.75) is 0 Å². The molecule has 41 valence electrons. The highest BCUT2D eigenvalue weighted by Gasteiger charge is 1.96. The number of nitrogens with zero attached hydrogens (tertiary/aromatic N) is 2. The Hall–Kier alpha value is -0.830. The van der Waals surface area contributed by atoms with Gasteiger partial charge in [-0.05, 0) is 0 Å². The van der Waals surface area contributed by atoms with Crippen LogP contribution in [-0.2, 0) is 5.11 Å². The summed E-state index contributed by atoms with van der Waals surface area (Å²) >= 11 is 5.22. The van der Waals surface area contributed by atoms with Gasteiger partial charge in [0.05, 0.1) is 6.20 Å². The Morgan fingerprint density at radius 2 is 2.38 bits per heavy atom. The van der Waals surface area contributed by atoms with Crippen molar-refractivity contribution in [3.8, 4) is 5.75 Å². The fourth-order valence-corrected chi connectivity index (χ4v) is 0.410. The summed E-state index contributed by atoms with van der Waals surface area (Å²) in [5.74, 6) is -0.290. The molecule has 0 atom stereocenters. The van der Waals surface area contributed by atoms with E-state index in [9.17, 15) is 5.11 Å². The van der Waals surface area contributed by atoms with Crippen molar-refractivity contribution in [3.63, 3.8) is 0 Å². The molecule has 8 heavy (non-hydrogen) atoms. The van der Waals surface area contributed by atoms with Crippen molar-refractivity contribution in [2.75, 3.05) is 0 Å². The van der Waals surface area contributed by atoms with E-state index in [0.717, 1.165) is 0 Å². The van der Waals surface area contributed by atoms with Crippen LogP contribution in [0.25, 0.3) is 0 Å². The zero-order chi connectivity index (χ0) is 5.98. The van der Waals surface area contributed by atoms with Gasteiger partial charge in [0.15, 0.2) is 5.15 Å². The standard InChI is InChI=1S/C4H2ClN2O/c5-4-3(8)1-2-6-7-4/h1-2H. The largest absolute Gasteiger partial charge is 0.286 e. The Labute approximate surface area is 50.9 Å². The van der Waals surface area contributed by atoms with Gasteiger partial charge < -0.3 is 0 Å². The van der Waals surface area contributed by atoms with E-state index in [1.807, 2.05) is 0 Å². The maximum Gasteiger partial charge on any atom is 0.219 e. The maximum absolute atomic E-state index is 10.4. The van der Waals surface area contributed by atoms with Crippen LogP contribution in [0.1, 0.15) is 0 Å². The van der Waals surface area contributed by atoms with E-state index >= 15 is 0 Å². The molecule has 0 aliphatic heterocycles. The summed E-state index contributed by atoms with van der Waals surface area (Å²) in [4.78, 5) is 0. The Kier molecular flexibility index (Phi) is 1.30. The highest BCUT2D eigenvalue weighted by atomic mass is 35.5. The first-order valence-corrected chi connectivity index (χ1v) is 2.32. The average Bonchev–Trinajstić information content (AvgIpc) is 1.77. The van der Waals surface area contributed by atoms with E-state index in [1.54, 1.807) is 0 Å². The van der Waals surface area contributed by atoms with Crippen LogP contribution in [0.2, 0.25) is 5.15 Å². The molecule has 3 nitrogen and oxygen atoms in total. The van der Waals surface area contributed by atoms with Crippen molar-refractivity contribution in [1.29, 1.82) is 0 Å². The van der Waals surface area contributed by atoms with Crippen LogP contribution in [0.4, 0.5) is 0 Å². The molecule has 1 heterocycles. The Bertz CT molecular complexity index is 170. The molecule has 0 aliphatic rings. The Morgan fingerprint density at radius 3 is 2.75 bits per heavy atom. The van der Waals surface area contributed by atoms with E-state index in [0.29, 0.717) is 0 Å². The molecule has 0 bridgehead atoms. The van der Waals surface area contributed by atoms with E-state index in [4.69, 9.17) is 11.6 Å². The summed E-state index contributed by atoms with van der Waals surface area (Å²) in [5, 5.41) is 17.0. The van der Waals surface area contributed by atoms with Gasteiger partial charge in [0.25, 0.3) is 0 Å². The third-order valence-corrected chi connectivity index (χ3v) is 0.903. The number of halogens is 1. The lowest BCUT2D eigenvalue weighted by atomic mass is 10.5. The Morgan fingerprint density at radius 1 is 1.62 bits per heavy atom. The molecular formula is C4H2ClN2O. The van der Waals surface area contributed by atoms with Crippen molar-refractivity contribution < 1.29 is 5.11 Å². The van der Waals surface area contributed by atoms with E-state index < -0.39 is 0 Å². The predicted molar refractivity (Wildman–Crippen MR) is 27.2 cm³/mol. The minimum atomic E-state index is -0.290. The molecule has 1 aromatic rings. The van der Waals surface area contributed by atoms with Gasteiger partial charge in [-0.15, -0.1) is 5.10 Å². The van der Waals surface area contributed by atoms with E-state index in [-0.39, 0.29) is 10.9 Å². The molecule has 0 amide bonds. The molecule has 1 rings (SSSR count). The van der Waals surface area contributed by atoms with Gasteiger partial charge in [-0.25, -0.2) is 0 Å². The molecular weight excluding hydrogens is 128 g/mol. The van der Waals surface area contributed by atoms with Crippen LogP contribution >= 0.6 is 11.6 Å². The second kappa shape index (κ2) is 1.96. The van der Waals surface area contributed by atoms with Gasteiger partial charge in [0.2, 0.25) is 5.75 Å². The summed E-state index contributed by atoms with van der Waals surface area (Å²) in [5.41, 5.74) is 0. The topological polar surface area (TPSA) is 45.7 Å². The van der Waals surface area contributed by atoms with Crippen LogP contribution < -0.4 is 0 Å². The smallest absolute Gasteiger partial charge is 0.219 e. The molecule has 0 aromatic carbocycles. The van der Waals surface area contributed by atoms with Gasteiger partial charge >= 0.3 is 0 Å². The SMILES string of the molecule is [O]c1ccnnc1Cl. The van der Waals surface area contributed by atoms with E-state index in [2.05, 4.69) is 10.2 Å². The van der Waals surface area contributed by atoms with Gasteiger partial charge in [0.1, 0.15) is 0 Å². The monoisotopic (exact) mass is 129 g/mol. The third kappa shape index (κ3) is 0.869. The highest BCUT2D eigenvalue weighted by molar-refractivity contribution is 6.30. The van der Waals surface area contributed by atoms with E-state index in [1.165, 1.54) is 12.3 Å². The summed E-state index contributed by atoms with van der Waals surface area (Å²) in [6.45, 7) is 0. The summed E-state index contributed by atoms with van der Waals surface area (Å²) < 4.78 is 0. The molecule has 4 heteroatoms. The molecule has 0 spiro atoms. The first kappa shape index (κ1) is 5.31. The quantitative estimate of drug-likeness (QED) is 0.530. The molecule has 1 aromatic heterocycles. The first-order valence-electron chi connectivity index (χ1n) is 1.95. The lowest BCUT2D eigenvalue weighted by Gasteiger charge is -1.83.